The average molecular weight is 361 g/mol. The zero-order valence-electron chi connectivity index (χ0n) is 13.8. The number of carboxylic acid groups (broad SMARTS) is 1. The van der Waals surface area contributed by atoms with Crippen LogP contribution in [0.15, 0.2) is 65.4 Å². The van der Waals surface area contributed by atoms with Crippen molar-refractivity contribution in [1.29, 1.82) is 5.26 Å². The zero-order chi connectivity index (χ0) is 18.4. The summed E-state index contributed by atoms with van der Waals surface area (Å²) in [7, 11) is 0. The van der Waals surface area contributed by atoms with Crippen LogP contribution in [0.4, 0.5) is 0 Å². The number of hydrogen-bond donors (Lipinski definition) is 1. The van der Waals surface area contributed by atoms with Crippen molar-refractivity contribution < 1.29 is 14.6 Å². The summed E-state index contributed by atoms with van der Waals surface area (Å²) in [6.07, 6.45) is 1.51. The van der Waals surface area contributed by atoms with Crippen molar-refractivity contribution in [3.05, 3.63) is 87.6 Å². The summed E-state index contributed by atoms with van der Waals surface area (Å²) in [6, 6.07) is 17.9. The second-order valence-corrected chi connectivity index (χ2v) is 6.29. The molecule has 26 heavy (non-hydrogen) atoms. The molecule has 0 radical (unpaired) electrons. The third-order valence-electron chi connectivity index (χ3n) is 3.74. The van der Waals surface area contributed by atoms with Gasteiger partial charge in [-0.3, -0.25) is 0 Å². The number of aliphatic carboxylic acids is 1. The van der Waals surface area contributed by atoms with Crippen molar-refractivity contribution in [2.75, 3.05) is 0 Å². The smallest absolute Gasteiger partial charge is 0.336 e. The Morgan fingerprint density at radius 3 is 2.65 bits per heavy atom. The first-order valence-electron chi connectivity index (χ1n) is 7.86. The van der Waals surface area contributed by atoms with Crippen LogP contribution in [0.3, 0.4) is 0 Å². The van der Waals surface area contributed by atoms with Crippen molar-refractivity contribution >= 4 is 29.0 Å². The van der Waals surface area contributed by atoms with Gasteiger partial charge in [-0.15, -0.1) is 0 Å². The fourth-order valence-corrected chi connectivity index (χ4v) is 3.09. The molecule has 128 valence electrons. The number of ether oxygens (including phenoxy) is 1. The van der Waals surface area contributed by atoms with E-state index < -0.39 is 5.97 Å². The molecular formula is C21H15NO3S. The Balaban J connectivity index is 1.95. The molecule has 4 nitrogen and oxygen atoms in total. The van der Waals surface area contributed by atoms with E-state index in [1.165, 1.54) is 6.08 Å². The van der Waals surface area contributed by atoms with Gasteiger partial charge in [0.15, 0.2) is 0 Å². The first-order valence-corrected chi connectivity index (χ1v) is 8.80. The average Bonchev–Trinajstić information content (AvgIpc) is 3.18. The number of benzene rings is 2. The molecule has 0 saturated heterocycles. The SMILES string of the molecule is N#Cc1ccc(OCc2ccsc2)cc1C=C(C(=O)O)c1ccccc1. The predicted molar refractivity (Wildman–Crippen MR) is 102 cm³/mol. The summed E-state index contributed by atoms with van der Waals surface area (Å²) in [4.78, 5) is 11.7. The number of thiophene rings is 1. The molecule has 0 aliphatic rings. The summed E-state index contributed by atoms with van der Waals surface area (Å²) in [5.74, 6) is -0.469. The molecular weight excluding hydrogens is 346 g/mol. The van der Waals surface area contributed by atoms with Gasteiger partial charge in [0.05, 0.1) is 17.2 Å². The second kappa shape index (κ2) is 8.15. The summed E-state index contributed by atoms with van der Waals surface area (Å²) in [5.41, 5.74) is 2.66. The minimum Gasteiger partial charge on any atom is -0.489 e. The molecule has 1 N–H and O–H groups in total. The Bertz CT molecular complexity index is 970. The van der Waals surface area contributed by atoms with Crippen molar-refractivity contribution in [1.82, 2.24) is 0 Å². The molecule has 0 atom stereocenters. The molecule has 2 aromatic carbocycles. The van der Waals surface area contributed by atoms with E-state index in [4.69, 9.17) is 4.74 Å². The number of carbonyl (C=O) groups is 1. The molecule has 1 heterocycles. The Kier molecular flexibility index (Phi) is 5.47. The van der Waals surface area contributed by atoms with Gasteiger partial charge in [-0.05, 0) is 57.8 Å². The topological polar surface area (TPSA) is 70.3 Å². The third kappa shape index (κ3) is 4.18. The largest absolute Gasteiger partial charge is 0.489 e. The highest BCUT2D eigenvalue weighted by Crippen LogP contribution is 2.25. The summed E-state index contributed by atoms with van der Waals surface area (Å²) < 4.78 is 5.76. The van der Waals surface area contributed by atoms with E-state index in [9.17, 15) is 15.2 Å². The van der Waals surface area contributed by atoms with Crippen LogP contribution in [0.5, 0.6) is 5.75 Å². The van der Waals surface area contributed by atoms with Gasteiger partial charge < -0.3 is 9.84 Å². The molecule has 3 aromatic rings. The lowest BCUT2D eigenvalue weighted by Gasteiger charge is -2.08. The standard InChI is InChI=1S/C21H15NO3S/c22-12-17-6-7-19(25-13-15-8-9-26-14-15)10-18(17)11-20(21(23)24)16-4-2-1-3-5-16/h1-11,14H,13H2,(H,23,24). The number of carboxylic acids is 1. The van der Waals surface area contributed by atoms with Gasteiger partial charge in [-0.1, -0.05) is 30.3 Å². The van der Waals surface area contributed by atoms with E-state index in [0.717, 1.165) is 5.56 Å². The summed E-state index contributed by atoms with van der Waals surface area (Å²) in [5, 5.41) is 22.9. The van der Waals surface area contributed by atoms with Crippen molar-refractivity contribution in [3.8, 4) is 11.8 Å². The van der Waals surface area contributed by atoms with Gasteiger partial charge >= 0.3 is 5.97 Å². The summed E-state index contributed by atoms with van der Waals surface area (Å²) in [6.45, 7) is 0.420. The quantitative estimate of drug-likeness (QED) is 0.504. The number of rotatable bonds is 6. The van der Waals surface area contributed by atoms with E-state index >= 15 is 0 Å². The van der Waals surface area contributed by atoms with Gasteiger partial charge in [-0.2, -0.15) is 16.6 Å². The van der Waals surface area contributed by atoms with Crippen LogP contribution in [-0.2, 0) is 11.4 Å². The fraction of sp³-hybridized carbons (Fsp3) is 0.0476. The number of nitrogens with zero attached hydrogens (tertiary/aromatic N) is 1. The molecule has 0 amide bonds. The molecule has 0 bridgehead atoms. The zero-order valence-corrected chi connectivity index (χ0v) is 14.6. The van der Waals surface area contributed by atoms with Crippen LogP contribution in [0.1, 0.15) is 22.3 Å². The molecule has 0 aliphatic carbocycles. The van der Waals surface area contributed by atoms with Crippen LogP contribution < -0.4 is 4.74 Å². The van der Waals surface area contributed by atoms with Crippen LogP contribution in [-0.4, -0.2) is 11.1 Å². The van der Waals surface area contributed by atoms with Crippen LogP contribution >= 0.6 is 11.3 Å². The maximum Gasteiger partial charge on any atom is 0.336 e. The Morgan fingerprint density at radius 2 is 2.00 bits per heavy atom. The van der Waals surface area contributed by atoms with Crippen molar-refractivity contribution in [2.45, 2.75) is 6.61 Å². The molecule has 0 fully saturated rings. The molecule has 0 aliphatic heterocycles. The lowest BCUT2D eigenvalue weighted by Crippen LogP contribution is -2.00. The molecule has 1 aromatic heterocycles. The van der Waals surface area contributed by atoms with E-state index in [2.05, 4.69) is 6.07 Å². The highest BCUT2D eigenvalue weighted by molar-refractivity contribution is 7.07. The molecule has 0 unspecified atom stereocenters. The predicted octanol–water partition coefficient (Wildman–Crippen LogP) is 4.82. The fourth-order valence-electron chi connectivity index (χ4n) is 2.44. The molecule has 5 heteroatoms. The highest BCUT2D eigenvalue weighted by atomic mass is 32.1. The molecule has 0 spiro atoms. The summed E-state index contributed by atoms with van der Waals surface area (Å²) >= 11 is 1.60. The van der Waals surface area contributed by atoms with Crippen LogP contribution in [0, 0.1) is 11.3 Å². The number of hydrogen-bond acceptors (Lipinski definition) is 4. The highest BCUT2D eigenvalue weighted by Gasteiger charge is 2.12. The minimum absolute atomic E-state index is 0.122. The lowest BCUT2D eigenvalue weighted by molar-refractivity contribution is -0.130. The van der Waals surface area contributed by atoms with Crippen molar-refractivity contribution in [3.63, 3.8) is 0 Å². The van der Waals surface area contributed by atoms with Gasteiger partial charge in [0.25, 0.3) is 0 Å². The van der Waals surface area contributed by atoms with Gasteiger partial charge in [0.1, 0.15) is 12.4 Å². The minimum atomic E-state index is -1.05. The lowest BCUT2D eigenvalue weighted by atomic mass is 10.00. The monoisotopic (exact) mass is 361 g/mol. The van der Waals surface area contributed by atoms with E-state index in [1.807, 2.05) is 22.9 Å². The Morgan fingerprint density at radius 1 is 1.19 bits per heavy atom. The maximum atomic E-state index is 11.7. The molecule has 0 saturated carbocycles. The normalized spacial score (nSPS) is 11.0. The van der Waals surface area contributed by atoms with E-state index in [-0.39, 0.29) is 5.57 Å². The number of nitriles is 1. The van der Waals surface area contributed by atoms with Gasteiger partial charge in [-0.25, -0.2) is 4.79 Å². The van der Waals surface area contributed by atoms with Crippen LogP contribution in [0.2, 0.25) is 0 Å². The van der Waals surface area contributed by atoms with Gasteiger partial charge in [0.2, 0.25) is 0 Å². The second-order valence-electron chi connectivity index (χ2n) is 5.51. The first-order chi connectivity index (χ1) is 12.7. The maximum absolute atomic E-state index is 11.7. The molecule has 3 rings (SSSR count). The van der Waals surface area contributed by atoms with E-state index in [1.54, 1.807) is 53.8 Å². The Labute approximate surface area is 155 Å². The van der Waals surface area contributed by atoms with Crippen molar-refractivity contribution in [2.24, 2.45) is 0 Å². The van der Waals surface area contributed by atoms with Crippen LogP contribution in [0.25, 0.3) is 11.6 Å². The third-order valence-corrected chi connectivity index (χ3v) is 4.48. The first kappa shape index (κ1) is 17.5. The van der Waals surface area contributed by atoms with Gasteiger partial charge in [0, 0.05) is 0 Å². The Hall–Kier alpha value is -3.36. The van der Waals surface area contributed by atoms with E-state index in [0.29, 0.717) is 29.0 Å².